The fourth-order valence-corrected chi connectivity index (χ4v) is 2.73. The molecule has 0 radical (unpaired) electrons. The van der Waals surface area contributed by atoms with E-state index >= 15 is 0 Å². The van der Waals surface area contributed by atoms with Crippen molar-refractivity contribution in [1.29, 1.82) is 5.26 Å². The topological polar surface area (TPSA) is 92.5 Å². The van der Waals surface area contributed by atoms with E-state index in [1.54, 1.807) is 12.3 Å². The zero-order valence-electron chi connectivity index (χ0n) is 17.4. The predicted octanol–water partition coefficient (Wildman–Crippen LogP) is 5.99. The second kappa shape index (κ2) is 14.0. The first-order valence-electron chi connectivity index (χ1n) is 8.96. The molecule has 156 valence electrons. The molecule has 0 atom stereocenters. The summed E-state index contributed by atoms with van der Waals surface area (Å²) in [6.07, 6.45) is 3.49. The number of benzene rings is 3. The summed E-state index contributed by atoms with van der Waals surface area (Å²) in [7, 11) is 1.23. The highest BCUT2D eigenvalue weighted by molar-refractivity contribution is 6.08. The van der Waals surface area contributed by atoms with E-state index in [1.165, 1.54) is 7.11 Å². The first-order chi connectivity index (χ1) is 13.7. The Labute approximate surface area is 171 Å². The number of allylic oxidation sites excluding steroid dienone is 1. The molecule has 0 aromatic heterocycles. The fourth-order valence-electron chi connectivity index (χ4n) is 2.73. The van der Waals surface area contributed by atoms with Crippen LogP contribution in [0.5, 0.6) is 5.75 Å². The Kier molecular flexibility index (Phi) is 12.6. The maximum absolute atomic E-state index is 13.3. The molecule has 3 aromatic carbocycles. The Bertz CT molecular complexity index is 884. The van der Waals surface area contributed by atoms with Crippen LogP contribution in [-0.2, 0) is 11.4 Å². The highest BCUT2D eigenvalue weighted by Gasteiger charge is 2.15. The molecule has 7 heteroatoms. The van der Waals surface area contributed by atoms with Gasteiger partial charge in [0.2, 0.25) is 0 Å². The van der Waals surface area contributed by atoms with E-state index in [-0.39, 0.29) is 18.1 Å². The number of ether oxygens (including phenoxy) is 1. The Balaban J connectivity index is 0.00000120. The van der Waals surface area contributed by atoms with Gasteiger partial charge in [0.05, 0.1) is 12.5 Å². The number of hydrogen-bond donors (Lipinski definition) is 2. The number of halogens is 1. The van der Waals surface area contributed by atoms with Gasteiger partial charge in [-0.25, -0.2) is 0 Å². The van der Waals surface area contributed by atoms with Crippen LogP contribution in [0.2, 0.25) is 0 Å². The van der Waals surface area contributed by atoms with Crippen LogP contribution in [0.15, 0.2) is 61.2 Å². The maximum atomic E-state index is 13.3. The van der Waals surface area contributed by atoms with E-state index in [2.05, 4.69) is 16.8 Å². The molecule has 6 nitrogen and oxygen atoms in total. The van der Waals surface area contributed by atoms with Gasteiger partial charge >= 0.3 is 0 Å². The van der Waals surface area contributed by atoms with Gasteiger partial charge in [-0.2, -0.15) is 5.43 Å². The molecule has 0 unspecified atom stereocenters. The van der Waals surface area contributed by atoms with Gasteiger partial charge in [0.1, 0.15) is 0 Å². The normalized spacial score (nSPS) is 9.41. The molecular formula is C22H29FN4O2. The van der Waals surface area contributed by atoms with Gasteiger partial charge in [-0.1, -0.05) is 72.9 Å². The number of nitrogens with zero attached hydrogens (tertiary/aromatic N) is 2. The molecule has 0 aliphatic carbocycles. The highest BCUT2D eigenvalue weighted by Crippen LogP contribution is 2.38. The average molecular weight is 400 g/mol. The lowest BCUT2D eigenvalue weighted by Crippen LogP contribution is -2.29. The molecule has 3 rings (SSSR count). The standard InChI is InChI=1S/C17H14FN3O2.C3H6.C2H6.H3N/c1-22-21(18)20-10-16-12-6-2-4-8-14(12)17(23-11-19)15-9-5-3-7-13(15)16;1-3-2;1-2;/h2-9,20H,10H2,1H3;3H,1H2,2H3;1-2H3;1H3. The number of hydrazine groups is 1. The lowest BCUT2D eigenvalue weighted by atomic mass is 9.95. The molecule has 3 aromatic rings. The van der Waals surface area contributed by atoms with Crippen LogP contribution in [0.1, 0.15) is 26.3 Å². The number of hydrogen-bond acceptors (Lipinski definition) is 6. The van der Waals surface area contributed by atoms with Crippen molar-refractivity contribution in [3.63, 3.8) is 0 Å². The summed E-state index contributed by atoms with van der Waals surface area (Å²) in [5.74, 6) is 0.506. The van der Waals surface area contributed by atoms with Crippen LogP contribution in [0.3, 0.4) is 0 Å². The van der Waals surface area contributed by atoms with E-state index < -0.39 is 0 Å². The van der Waals surface area contributed by atoms with Gasteiger partial charge in [0.25, 0.3) is 6.26 Å². The van der Waals surface area contributed by atoms with E-state index in [0.717, 1.165) is 27.1 Å². The summed E-state index contributed by atoms with van der Waals surface area (Å²) in [6, 6.07) is 15.1. The Morgan fingerprint density at radius 3 is 1.86 bits per heavy atom. The fraction of sp³-hybridized carbons (Fsp3) is 0.227. The van der Waals surface area contributed by atoms with Gasteiger partial charge in [-0.05, 0) is 23.3 Å². The van der Waals surface area contributed by atoms with Crippen molar-refractivity contribution in [3.05, 3.63) is 66.7 Å². The molecule has 0 amide bonds. The minimum atomic E-state index is 0. The second-order valence-electron chi connectivity index (χ2n) is 5.26. The molecule has 0 spiro atoms. The van der Waals surface area contributed by atoms with Crippen LogP contribution in [0.4, 0.5) is 4.48 Å². The summed E-state index contributed by atoms with van der Waals surface area (Å²) in [5, 5.41) is 12.4. The third-order valence-electron chi connectivity index (χ3n) is 3.68. The van der Waals surface area contributed by atoms with Crippen molar-refractivity contribution in [2.75, 3.05) is 7.11 Å². The zero-order chi connectivity index (χ0) is 20.9. The highest BCUT2D eigenvalue weighted by atomic mass is 19.2. The van der Waals surface area contributed by atoms with Crippen LogP contribution < -0.4 is 16.3 Å². The van der Waals surface area contributed by atoms with Crippen molar-refractivity contribution in [2.24, 2.45) is 0 Å². The molecule has 0 heterocycles. The van der Waals surface area contributed by atoms with Crippen molar-refractivity contribution in [1.82, 2.24) is 17.0 Å². The van der Waals surface area contributed by atoms with E-state index in [0.29, 0.717) is 5.75 Å². The summed E-state index contributed by atoms with van der Waals surface area (Å²) in [6.45, 7) is 9.47. The minimum Gasteiger partial charge on any atom is -0.387 e. The van der Waals surface area contributed by atoms with Gasteiger partial charge in [-0.15, -0.1) is 11.8 Å². The Morgan fingerprint density at radius 2 is 1.48 bits per heavy atom. The third-order valence-corrected chi connectivity index (χ3v) is 3.68. The van der Waals surface area contributed by atoms with E-state index in [4.69, 9.17) is 10.00 Å². The summed E-state index contributed by atoms with van der Waals surface area (Å²) < 4.78 is 18.5. The number of nitriles is 1. The lowest BCUT2D eigenvalue weighted by Gasteiger charge is -2.16. The quantitative estimate of drug-likeness (QED) is 0.180. The third kappa shape index (κ3) is 6.52. The second-order valence-corrected chi connectivity index (χ2v) is 5.26. The van der Waals surface area contributed by atoms with Gasteiger partial charge in [0, 0.05) is 17.3 Å². The van der Waals surface area contributed by atoms with Crippen LogP contribution in [0, 0.1) is 11.5 Å². The van der Waals surface area contributed by atoms with Gasteiger partial charge < -0.3 is 10.9 Å². The van der Waals surface area contributed by atoms with Crippen molar-refractivity contribution >= 4 is 21.5 Å². The molecule has 4 N–H and O–H groups in total. The molecule has 0 saturated heterocycles. The molecule has 0 saturated carbocycles. The van der Waals surface area contributed by atoms with Gasteiger partial charge in [0.15, 0.2) is 5.75 Å². The molecule has 0 fully saturated rings. The van der Waals surface area contributed by atoms with Crippen molar-refractivity contribution in [2.45, 2.75) is 27.3 Å². The van der Waals surface area contributed by atoms with Crippen LogP contribution in [0.25, 0.3) is 21.5 Å². The largest absolute Gasteiger partial charge is 0.387 e. The first kappa shape index (κ1) is 26.0. The predicted molar refractivity (Wildman–Crippen MR) is 117 cm³/mol. The Hall–Kier alpha value is -3.02. The molecule has 0 bridgehead atoms. The average Bonchev–Trinajstić information content (AvgIpc) is 2.75. The molecule has 29 heavy (non-hydrogen) atoms. The zero-order valence-corrected chi connectivity index (χ0v) is 17.4. The van der Waals surface area contributed by atoms with Crippen molar-refractivity contribution in [3.8, 4) is 12.0 Å². The Morgan fingerprint density at radius 1 is 1.07 bits per heavy atom. The summed E-state index contributed by atoms with van der Waals surface area (Å²) >= 11 is 0. The minimum absolute atomic E-state index is 0. The molecular weight excluding hydrogens is 371 g/mol. The van der Waals surface area contributed by atoms with E-state index in [1.807, 2.05) is 69.3 Å². The first-order valence-corrected chi connectivity index (χ1v) is 8.96. The van der Waals surface area contributed by atoms with Crippen LogP contribution >= 0.6 is 0 Å². The SMILES string of the molecule is C=CC.CC.CON(F)NCc1c2ccccc2c(OC#N)c2ccccc12.N. The monoisotopic (exact) mass is 400 g/mol. The summed E-state index contributed by atoms with van der Waals surface area (Å²) in [4.78, 5) is 4.45. The van der Waals surface area contributed by atoms with Gasteiger partial charge in [-0.3, -0.25) is 4.84 Å². The number of fused-ring (bicyclic) bond motifs is 2. The molecule has 0 aliphatic rings. The molecule has 0 aliphatic heterocycles. The van der Waals surface area contributed by atoms with Crippen molar-refractivity contribution < 1.29 is 14.1 Å². The lowest BCUT2D eigenvalue weighted by molar-refractivity contribution is -0.299. The summed E-state index contributed by atoms with van der Waals surface area (Å²) in [5.41, 5.74) is 3.41. The number of nitrogens with one attached hydrogen (secondary N) is 1. The smallest absolute Gasteiger partial charge is 0.292 e. The van der Waals surface area contributed by atoms with E-state index in [9.17, 15) is 4.48 Å². The number of rotatable bonds is 5. The van der Waals surface area contributed by atoms with Crippen LogP contribution in [-0.4, -0.2) is 12.5 Å². The maximum Gasteiger partial charge on any atom is 0.292 e.